The molecule has 0 aliphatic carbocycles. The van der Waals surface area contributed by atoms with Crippen LogP contribution in [-0.4, -0.2) is 48.4 Å². The first-order valence-corrected chi connectivity index (χ1v) is 8.42. The van der Waals surface area contributed by atoms with Crippen molar-refractivity contribution in [1.82, 2.24) is 10.2 Å². The van der Waals surface area contributed by atoms with Crippen molar-refractivity contribution in [3.05, 3.63) is 34.9 Å². The minimum absolute atomic E-state index is 0.135. The van der Waals surface area contributed by atoms with Gasteiger partial charge in [-0.2, -0.15) is 26.3 Å². The van der Waals surface area contributed by atoms with Gasteiger partial charge in [0.25, 0.3) is 5.91 Å². The molecule has 6 nitrogen and oxygen atoms in total. The fraction of sp³-hybridized carbons (Fsp3) is 0.500. The van der Waals surface area contributed by atoms with Gasteiger partial charge in [0.05, 0.1) is 23.2 Å². The van der Waals surface area contributed by atoms with E-state index in [0.717, 1.165) is 4.90 Å². The normalized spacial score (nSPS) is 12.3. The molecule has 0 fully saturated rings. The lowest BCUT2D eigenvalue weighted by Gasteiger charge is -2.23. The van der Waals surface area contributed by atoms with E-state index in [1.807, 2.05) is 0 Å². The molecule has 0 spiro atoms. The number of benzene rings is 1. The molecule has 1 aromatic rings. The summed E-state index contributed by atoms with van der Waals surface area (Å²) in [5.41, 5.74) is -4.95. The summed E-state index contributed by atoms with van der Waals surface area (Å²) in [4.78, 5) is 36.5. The Hall–Kier alpha value is -2.79. The maximum Gasteiger partial charge on any atom is 0.416 e. The van der Waals surface area contributed by atoms with Gasteiger partial charge in [0, 0.05) is 12.6 Å². The number of hydrogen-bond acceptors (Lipinski definition) is 4. The van der Waals surface area contributed by atoms with E-state index in [1.165, 1.54) is 7.05 Å². The summed E-state index contributed by atoms with van der Waals surface area (Å²) >= 11 is 0. The van der Waals surface area contributed by atoms with Gasteiger partial charge in [0.15, 0.2) is 6.61 Å². The monoisotopic (exact) mass is 442 g/mol. The smallest absolute Gasteiger partial charge is 0.416 e. The van der Waals surface area contributed by atoms with Crippen LogP contribution < -0.4 is 5.32 Å². The van der Waals surface area contributed by atoms with Gasteiger partial charge in [0.2, 0.25) is 5.91 Å². The molecule has 0 saturated carbocycles. The molecule has 168 valence electrons. The first kappa shape index (κ1) is 25.2. The first-order chi connectivity index (χ1) is 13.4. The van der Waals surface area contributed by atoms with E-state index in [1.54, 1.807) is 20.8 Å². The van der Waals surface area contributed by atoms with Crippen LogP contribution in [0.15, 0.2) is 18.2 Å². The maximum absolute atomic E-state index is 12.8. The van der Waals surface area contributed by atoms with Crippen LogP contribution in [0.4, 0.5) is 26.3 Å². The third-order valence-corrected chi connectivity index (χ3v) is 3.47. The van der Waals surface area contributed by atoms with Crippen LogP contribution >= 0.6 is 0 Å². The van der Waals surface area contributed by atoms with E-state index in [-0.39, 0.29) is 18.2 Å². The third kappa shape index (κ3) is 7.91. The molecule has 12 heteroatoms. The molecule has 0 aliphatic rings. The van der Waals surface area contributed by atoms with E-state index in [9.17, 15) is 40.7 Å². The van der Waals surface area contributed by atoms with Gasteiger partial charge in [-0.1, -0.05) is 0 Å². The van der Waals surface area contributed by atoms with Crippen molar-refractivity contribution in [2.75, 3.05) is 20.2 Å². The molecule has 0 saturated heterocycles. The summed E-state index contributed by atoms with van der Waals surface area (Å²) in [6.07, 6.45) is -10.3. The Balaban J connectivity index is 2.87. The number of amides is 2. The van der Waals surface area contributed by atoms with E-state index < -0.39 is 65.5 Å². The number of carbonyl (C=O) groups excluding carboxylic acids is 3. The van der Waals surface area contributed by atoms with Crippen LogP contribution in [0, 0.1) is 0 Å². The molecule has 2 amide bonds. The summed E-state index contributed by atoms with van der Waals surface area (Å²) in [6, 6.07) is 0.259. The average molecular weight is 442 g/mol. The molecule has 0 heterocycles. The van der Waals surface area contributed by atoms with Gasteiger partial charge >= 0.3 is 18.3 Å². The number of nitrogens with one attached hydrogen (secondary N) is 1. The highest BCUT2D eigenvalue weighted by Crippen LogP contribution is 2.36. The minimum Gasteiger partial charge on any atom is -0.452 e. The van der Waals surface area contributed by atoms with Crippen molar-refractivity contribution in [3.63, 3.8) is 0 Å². The zero-order chi connectivity index (χ0) is 23.5. The molecule has 0 atom stereocenters. The summed E-state index contributed by atoms with van der Waals surface area (Å²) in [6.45, 7) is 3.75. The topological polar surface area (TPSA) is 75.7 Å². The Kier molecular flexibility index (Phi) is 7.51. The Morgan fingerprint density at radius 3 is 1.80 bits per heavy atom. The summed E-state index contributed by atoms with van der Waals surface area (Å²) in [7, 11) is 1.21. The number of alkyl halides is 6. The second-order valence-corrected chi connectivity index (χ2v) is 7.42. The van der Waals surface area contributed by atoms with Crippen molar-refractivity contribution in [3.8, 4) is 0 Å². The lowest BCUT2D eigenvalue weighted by molar-refractivity contribution is -0.143. The van der Waals surface area contributed by atoms with Crippen molar-refractivity contribution in [2.45, 2.75) is 38.7 Å². The second kappa shape index (κ2) is 8.92. The third-order valence-electron chi connectivity index (χ3n) is 3.47. The first-order valence-electron chi connectivity index (χ1n) is 8.42. The molecule has 0 aromatic heterocycles. The quantitative estimate of drug-likeness (QED) is 0.561. The van der Waals surface area contributed by atoms with Crippen LogP contribution in [-0.2, 0) is 26.7 Å². The van der Waals surface area contributed by atoms with Crippen LogP contribution in [0.2, 0.25) is 0 Å². The molecule has 30 heavy (non-hydrogen) atoms. The Bertz CT molecular complexity index is 780. The maximum atomic E-state index is 12.8. The van der Waals surface area contributed by atoms with Crippen LogP contribution in [0.5, 0.6) is 0 Å². The van der Waals surface area contributed by atoms with Crippen LogP contribution in [0.3, 0.4) is 0 Å². The zero-order valence-electron chi connectivity index (χ0n) is 16.5. The number of hydrogen-bond donors (Lipinski definition) is 1. The Labute approximate surface area is 168 Å². The van der Waals surface area contributed by atoms with E-state index in [4.69, 9.17) is 0 Å². The SMILES string of the molecule is CN(CC(=O)NC(C)(C)C)C(=O)COC(=O)c1cc(C(F)(F)F)cc(C(F)(F)F)c1. The molecule has 1 aromatic carbocycles. The van der Waals surface area contributed by atoms with Gasteiger partial charge in [-0.15, -0.1) is 0 Å². The fourth-order valence-electron chi connectivity index (χ4n) is 2.15. The van der Waals surface area contributed by atoms with Crippen molar-refractivity contribution in [2.24, 2.45) is 0 Å². The molecule has 0 radical (unpaired) electrons. The summed E-state index contributed by atoms with van der Waals surface area (Å²) < 4.78 is 81.6. The lowest BCUT2D eigenvalue weighted by atomic mass is 10.0. The van der Waals surface area contributed by atoms with E-state index >= 15 is 0 Å². The van der Waals surface area contributed by atoms with Crippen LogP contribution in [0.25, 0.3) is 0 Å². The average Bonchev–Trinajstić information content (AvgIpc) is 2.55. The van der Waals surface area contributed by atoms with Gasteiger partial charge in [-0.3, -0.25) is 9.59 Å². The largest absolute Gasteiger partial charge is 0.452 e. The zero-order valence-corrected chi connectivity index (χ0v) is 16.5. The highest BCUT2D eigenvalue weighted by atomic mass is 19.4. The van der Waals surface area contributed by atoms with E-state index in [2.05, 4.69) is 10.1 Å². The highest BCUT2D eigenvalue weighted by molar-refractivity contribution is 5.92. The number of likely N-dealkylation sites (N-methyl/N-ethyl adjacent to an activating group) is 1. The summed E-state index contributed by atoms with van der Waals surface area (Å²) in [5.74, 6) is -2.94. The molecule has 0 bridgehead atoms. The van der Waals surface area contributed by atoms with Gasteiger partial charge in [-0.05, 0) is 39.0 Å². The fourth-order valence-corrected chi connectivity index (χ4v) is 2.15. The standard InChI is InChI=1S/C18H20F6N2O4/c1-16(2,3)25-13(27)8-26(4)14(28)9-30-15(29)10-5-11(17(19,20)21)7-12(6-10)18(22,23)24/h5-7H,8-9H2,1-4H3,(H,25,27). The minimum atomic E-state index is -5.13. The highest BCUT2D eigenvalue weighted by Gasteiger charge is 2.37. The van der Waals surface area contributed by atoms with Crippen LogP contribution in [0.1, 0.15) is 42.3 Å². The second-order valence-electron chi connectivity index (χ2n) is 7.42. The van der Waals surface area contributed by atoms with Gasteiger partial charge in [-0.25, -0.2) is 4.79 Å². The molecule has 1 N–H and O–H groups in total. The van der Waals surface area contributed by atoms with Gasteiger partial charge in [0.1, 0.15) is 0 Å². The molecule has 0 unspecified atom stereocenters. The lowest BCUT2D eigenvalue weighted by Crippen LogP contribution is -2.46. The Morgan fingerprint density at radius 1 is 0.933 bits per heavy atom. The summed E-state index contributed by atoms with van der Waals surface area (Å²) in [5, 5.41) is 2.58. The number of ether oxygens (including phenoxy) is 1. The number of esters is 1. The van der Waals surface area contributed by atoms with Gasteiger partial charge < -0.3 is 15.0 Å². The molecular formula is C18H20F6N2O4. The van der Waals surface area contributed by atoms with Crippen molar-refractivity contribution in [1.29, 1.82) is 0 Å². The van der Waals surface area contributed by atoms with Crippen molar-refractivity contribution < 1.29 is 45.5 Å². The van der Waals surface area contributed by atoms with Crippen molar-refractivity contribution >= 4 is 17.8 Å². The molecule has 1 rings (SSSR count). The molecular weight excluding hydrogens is 422 g/mol. The number of nitrogens with zero attached hydrogens (tertiary/aromatic N) is 1. The Morgan fingerprint density at radius 2 is 1.40 bits per heavy atom. The number of halogens is 6. The predicted molar refractivity (Wildman–Crippen MR) is 92.3 cm³/mol. The van der Waals surface area contributed by atoms with E-state index in [0.29, 0.717) is 0 Å². The number of carbonyl (C=O) groups is 3. The molecule has 0 aliphatic heterocycles. The predicted octanol–water partition coefficient (Wildman–Crippen LogP) is 3.25. The number of rotatable bonds is 5.